The first-order chi connectivity index (χ1) is 8.31. The van der Waals surface area contributed by atoms with Gasteiger partial charge in [0.15, 0.2) is 0 Å². The number of benzene rings is 1. The highest BCUT2D eigenvalue weighted by Crippen LogP contribution is 2.31. The van der Waals surface area contributed by atoms with E-state index in [0.717, 1.165) is 24.3 Å². The van der Waals surface area contributed by atoms with Gasteiger partial charge >= 0.3 is 0 Å². The van der Waals surface area contributed by atoms with Gasteiger partial charge in [-0.2, -0.15) is 0 Å². The molecule has 0 aromatic heterocycles. The molecule has 0 radical (unpaired) electrons. The van der Waals surface area contributed by atoms with Crippen molar-refractivity contribution in [1.29, 1.82) is 0 Å². The molecular weight excluding hydrogens is 232 g/mol. The fraction of sp³-hybridized carbons (Fsp3) is 0.571. The van der Waals surface area contributed by atoms with Gasteiger partial charge in [0.2, 0.25) is 0 Å². The van der Waals surface area contributed by atoms with E-state index in [4.69, 9.17) is 4.74 Å². The van der Waals surface area contributed by atoms with E-state index in [0.29, 0.717) is 6.10 Å². The van der Waals surface area contributed by atoms with Crippen LogP contribution in [0.15, 0.2) is 29.2 Å². The van der Waals surface area contributed by atoms with Crippen molar-refractivity contribution >= 4 is 11.8 Å². The minimum Gasteiger partial charge on any atom is -0.388 e. The van der Waals surface area contributed by atoms with Crippen LogP contribution in [0.2, 0.25) is 0 Å². The van der Waals surface area contributed by atoms with E-state index in [2.05, 4.69) is 6.07 Å². The van der Waals surface area contributed by atoms with E-state index in [1.807, 2.05) is 25.1 Å². The van der Waals surface area contributed by atoms with Gasteiger partial charge in [-0.1, -0.05) is 25.1 Å². The predicted molar refractivity (Wildman–Crippen MR) is 71.4 cm³/mol. The summed E-state index contributed by atoms with van der Waals surface area (Å²) in [7, 11) is 0. The number of aliphatic hydroxyl groups is 1. The Morgan fingerprint density at radius 2 is 2.29 bits per heavy atom. The van der Waals surface area contributed by atoms with Crippen molar-refractivity contribution in [1.82, 2.24) is 0 Å². The van der Waals surface area contributed by atoms with Gasteiger partial charge in [0.1, 0.15) is 0 Å². The predicted octanol–water partition coefficient (Wildman–Crippen LogP) is 3.40. The van der Waals surface area contributed by atoms with Crippen LogP contribution in [0, 0.1) is 0 Å². The highest BCUT2D eigenvalue weighted by atomic mass is 32.2. The first-order valence-electron chi connectivity index (χ1n) is 6.32. The molecule has 1 fully saturated rings. The van der Waals surface area contributed by atoms with Crippen molar-refractivity contribution in [3.05, 3.63) is 29.8 Å². The zero-order valence-corrected chi connectivity index (χ0v) is 11.1. The average molecular weight is 252 g/mol. The molecule has 3 heteroatoms. The van der Waals surface area contributed by atoms with E-state index in [-0.39, 0.29) is 6.10 Å². The van der Waals surface area contributed by atoms with Gasteiger partial charge in [-0.05, 0) is 30.9 Å². The van der Waals surface area contributed by atoms with Crippen LogP contribution in [-0.2, 0) is 4.74 Å². The molecule has 1 heterocycles. The summed E-state index contributed by atoms with van der Waals surface area (Å²) in [6.45, 7) is 2.91. The Labute approximate surface area is 107 Å². The molecule has 0 aliphatic carbocycles. The standard InChI is InChI=1S/C14H20O2S/c1-2-13(15)12-7-3-4-8-14(12)17-10-11-6-5-9-16-11/h3-4,7-8,11,13,15H,2,5-6,9-10H2,1H3/t11?,13-/m0/s1. The van der Waals surface area contributed by atoms with Crippen LogP contribution in [-0.4, -0.2) is 23.6 Å². The monoisotopic (exact) mass is 252 g/mol. The van der Waals surface area contributed by atoms with Crippen LogP contribution >= 0.6 is 11.8 Å². The Hall–Kier alpha value is -0.510. The Morgan fingerprint density at radius 1 is 1.47 bits per heavy atom. The lowest BCUT2D eigenvalue weighted by molar-refractivity contribution is 0.129. The molecule has 1 unspecified atom stereocenters. The SMILES string of the molecule is CC[C@H](O)c1ccccc1SCC1CCCO1. The van der Waals surface area contributed by atoms with E-state index >= 15 is 0 Å². The van der Waals surface area contributed by atoms with Crippen LogP contribution in [0.4, 0.5) is 0 Å². The third-order valence-corrected chi connectivity index (χ3v) is 4.33. The molecule has 1 aliphatic heterocycles. The number of aliphatic hydroxyl groups excluding tert-OH is 1. The molecule has 0 amide bonds. The van der Waals surface area contributed by atoms with Crippen molar-refractivity contribution in [2.24, 2.45) is 0 Å². The maximum absolute atomic E-state index is 9.96. The highest BCUT2D eigenvalue weighted by Gasteiger charge is 2.17. The molecule has 1 aromatic carbocycles. The zero-order chi connectivity index (χ0) is 12.1. The van der Waals surface area contributed by atoms with Crippen LogP contribution in [0.5, 0.6) is 0 Å². The second-order valence-electron chi connectivity index (χ2n) is 4.41. The molecule has 0 bridgehead atoms. The topological polar surface area (TPSA) is 29.5 Å². The average Bonchev–Trinajstić information content (AvgIpc) is 2.89. The largest absolute Gasteiger partial charge is 0.388 e. The summed E-state index contributed by atoms with van der Waals surface area (Å²) in [5.41, 5.74) is 1.05. The lowest BCUT2D eigenvalue weighted by Gasteiger charge is -2.15. The van der Waals surface area contributed by atoms with Crippen molar-refractivity contribution in [3.8, 4) is 0 Å². The first-order valence-corrected chi connectivity index (χ1v) is 7.31. The van der Waals surface area contributed by atoms with Crippen molar-refractivity contribution in [2.45, 2.75) is 43.3 Å². The highest BCUT2D eigenvalue weighted by molar-refractivity contribution is 7.99. The fourth-order valence-corrected chi connectivity index (χ4v) is 3.24. The number of rotatable bonds is 5. The van der Waals surface area contributed by atoms with Gasteiger partial charge in [0.05, 0.1) is 12.2 Å². The maximum atomic E-state index is 9.96. The smallest absolute Gasteiger partial charge is 0.0798 e. The lowest BCUT2D eigenvalue weighted by atomic mass is 10.1. The molecule has 2 nitrogen and oxygen atoms in total. The second kappa shape index (κ2) is 6.43. The van der Waals surface area contributed by atoms with Crippen LogP contribution in [0.3, 0.4) is 0 Å². The van der Waals surface area contributed by atoms with Gasteiger partial charge in [-0.3, -0.25) is 0 Å². The molecule has 94 valence electrons. The number of hydrogen-bond donors (Lipinski definition) is 1. The van der Waals surface area contributed by atoms with Crippen molar-refractivity contribution < 1.29 is 9.84 Å². The Morgan fingerprint density at radius 3 is 3.00 bits per heavy atom. The summed E-state index contributed by atoms with van der Waals surface area (Å²) < 4.78 is 5.62. The molecule has 2 rings (SSSR count). The summed E-state index contributed by atoms with van der Waals surface area (Å²) >= 11 is 1.80. The maximum Gasteiger partial charge on any atom is 0.0798 e. The molecule has 1 N–H and O–H groups in total. The van der Waals surface area contributed by atoms with Crippen LogP contribution in [0.1, 0.15) is 37.9 Å². The summed E-state index contributed by atoms with van der Waals surface area (Å²) in [5.74, 6) is 0.993. The summed E-state index contributed by atoms with van der Waals surface area (Å²) in [5, 5.41) is 9.96. The van der Waals surface area contributed by atoms with Gasteiger partial charge in [0, 0.05) is 17.3 Å². The molecule has 0 spiro atoms. The molecular formula is C14H20O2S. The molecule has 1 saturated heterocycles. The Kier molecular flexibility index (Phi) is 4.89. The number of hydrogen-bond acceptors (Lipinski definition) is 3. The minimum atomic E-state index is -0.344. The number of thioether (sulfide) groups is 1. The molecule has 17 heavy (non-hydrogen) atoms. The molecule has 1 aromatic rings. The Bertz CT molecular complexity index is 348. The van der Waals surface area contributed by atoms with E-state index in [9.17, 15) is 5.11 Å². The van der Waals surface area contributed by atoms with Crippen molar-refractivity contribution in [3.63, 3.8) is 0 Å². The summed E-state index contributed by atoms with van der Waals surface area (Å²) in [6.07, 6.45) is 3.17. The quantitative estimate of drug-likeness (QED) is 0.814. The van der Waals surface area contributed by atoms with E-state index in [1.54, 1.807) is 11.8 Å². The first kappa shape index (κ1) is 12.9. The third kappa shape index (κ3) is 3.47. The van der Waals surface area contributed by atoms with Crippen LogP contribution < -0.4 is 0 Å². The van der Waals surface area contributed by atoms with Gasteiger partial charge in [-0.25, -0.2) is 0 Å². The summed E-state index contributed by atoms with van der Waals surface area (Å²) in [6, 6.07) is 8.13. The minimum absolute atomic E-state index is 0.344. The van der Waals surface area contributed by atoms with E-state index < -0.39 is 0 Å². The Balaban J connectivity index is 1.98. The molecule has 0 saturated carbocycles. The fourth-order valence-electron chi connectivity index (χ4n) is 2.07. The number of ether oxygens (including phenoxy) is 1. The van der Waals surface area contributed by atoms with Gasteiger partial charge < -0.3 is 9.84 Å². The zero-order valence-electron chi connectivity index (χ0n) is 10.3. The van der Waals surface area contributed by atoms with Crippen molar-refractivity contribution in [2.75, 3.05) is 12.4 Å². The van der Waals surface area contributed by atoms with Crippen LogP contribution in [0.25, 0.3) is 0 Å². The normalized spacial score (nSPS) is 21.6. The molecule has 2 atom stereocenters. The second-order valence-corrected chi connectivity index (χ2v) is 5.47. The lowest BCUT2D eigenvalue weighted by Crippen LogP contribution is -2.08. The van der Waals surface area contributed by atoms with Gasteiger partial charge in [0.25, 0.3) is 0 Å². The van der Waals surface area contributed by atoms with Gasteiger partial charge in [-0.15, -0.1) is 11.8 Å². The molecule has 1 aliphatic rings. The van der Waals surface area contributed by atoms with E-state index in [1.165, 1.54) is 17.7 Å². The summed E-state index contributed by atoms with van der Waals surface area (Å²) in [4.78, 5) is 1.19. The third-order valence-electron chi connectivity index (χ3n) is 3.11.